The van der Waals surface area contributed by atoms with Crippen LogP contribution in [0.4, 0.5) is 0 Å². The first-order valence-corrected chi connectivity index (χ1v) is 5.27. The first-order valence-electron chi connectivity index (χ1n) is 4.28. The molecule has 12 heavy (non-hydrogen) atoms. The zero-order valence-corrected chi connectivity index (χ0v) is 8.39. The van der Waals surface area contributed by atoms with E-state index in [9.17, 15) is 0 Å². The molecule has 1 aliphatic heterocycles. The highest BCUT2D eigenvalue weighted by molar-refractivity contribution is 8.14. The molecule has 0 radical (unpaired) electrons. The van der Waals surface area contributed by atoms with Gasteiger partial charge >= 0.3 is 0 Å². The molecule has 0 aliphatic carbocycles. The van der Waals surface area contributed by atoms with Crippen molar-refractivity contribution in [2.75, 3.05) is 25.5 Å². The molecule has 0 fully saturated rings. The summed E-state index contributed by atoms with van der Waals surface area (Å²) in [5, 5.41) is 0.999. The van der Waals surface area contributed by atoms with Crippen molar-refractivity contribution in [1.82, 2.24) is 0 Å². The van der Waals surface area contributed by atoms with Gasteiger partial charge in [0.25, 0.3) is 0 Å². The van der Waals surface area contributed by atoms with Crippen molar-refractivity contribution in [3.05, 3.63) is 0 Å². The highest BCUT2D eigenvalue weighted by Gasteiger charge is 2.19. The second-order valence-electron chi connectivity index (χ2n) is 2.31. The molecule has 0 aromatic carbocycles. The third kappa shape index (κ3) is 2.77. The van der Waals surface area contributed by atoms with Crippen LogP contribution in [0.2, 0.25) is 0 Å². The van der Waals surface area contributed by atoms with Crippen LogP contribution in [0.25, 0.3) is 0 Å². The van der Waals surface area contributed by atoms with Crippen LogP contribution in [0.5, 0.6) is 0 Å². The molecule has 0 saturated heterocycles. The number of aliphatic imine (C=N–C) groups is 1. The standard InChI is InChI=1S/C8H15NO2S/c1-3-10-8(11-4-2)7-9-5-6-12-7/h8H,3-6H2,1-2H3. The van der Waals surface area contributed by atoms with Gasteiger partial charge in [-0.1, -0.05) is 0 Å². The smallest absolute Gasteiger partial charge is 0.206 e. The fourth-order valence-corrected chi connectivity index (χ4v) is 1.83. The zero-order valence-electron chi connectivity index (χ0n) is 7.58. The Labute approximate surface area is 77.5 Å². The van der Waals surface area contributed by atoms with E-state index < -0.39 is 0 Å². The summed E-state index contributed by atoms with van der Waals surface area (Å²) in [6, 6.07) is 0. The van der Waals surface area contributed by atoms with E-state index in [1.807, 2.05) is 13.8 Å². The molecule has 0 atom stereocenters. The summed E-state index contributed by atoms with van der Waals surface area (Å²) in [5.41, 5.74) is 0. The lowest BCUT2D eigenvalue weighted by Crippen LogP contribution is -2.24. The van der Waals surface area contributed by atoms with Gasteiger partial charge in [-0.2, -0.15) is 0 Å². The van der Waals surface area contributed by atoms with E-state index in [4.69, 9.17) is 9.47 Å². The second-order valence-corrected chi connectivity index (χ2v) is 3.43. The lowest BCUT2D eigenvalue weighted by atomic mass is 10.6. The maximum absolute atomic E-state index is 5.39. The number of nitrogens with zero attached hydrogens (tertiary/aromatic N) is 1. The summed E-state index contributed by atoms with van der Waals surface area (Å²) in [6.45, 7) is 6.17. The molecule has 0 aromatic rings. The quantitative estimate of drug-likeness (QED) is 0.614. The van der Waals surface area contributed by atoms with Crippen LogP contribution in [0, 0.1) is 0 Å². The van der Waals surface area contributed by atoms with Gasteiger partial charge in [0.15, 0.2) is 0 Å². The van der Waals surface area contributed by atoms with Crippen molar-refractivity contribution in [3.8, 4) is 0 Å². The van der Waals surface area contributed by atoms with E-state index >= 15 is 0 Å². The lowest BCUT2D eigenvalue weighted by molar-refractivity contribution is -0.0879. The lowest BCUT2D eigenvalue weighted by Gasteiger charge is -2.15. The van der Waals surface area contributed by atoms with Gasteiger partial charge in [-0.25, -0.2) is 0 Å². The first-order chi connectivity index (χ1) is 5.88. The second kappa shape index (κ2) is 5.56. The zero-order chi connectivity index (χ0) is 8.81. The summed E-state index contributed by atoms with van der Waals surface area (Å²) in [6.07, 6.45) is -0.215. The molecule has 0 bridgehead atoms. The Bertz CT molecular complexity index is 155. The molecule has 3 nitrogen and oxygen atoms in total. The SMILES string of the molecule is CCOC(OCC)C1=NCCS1. The van der Waals surface area contributed by atoms with E-state index in [0.717, 1.165) is 17.3 Å². The minimum absolute atomic E-state index is 0.215. The van der Waals surface area contributed by atoms with Crippen molar-refractivity contribution >= 4 is 16.8 Å². The molecule has 0 saturated carbocycles. The largest absolute Gasteiger partial charge is 0.347 e. The number of rotatable bonds is 5. The molecule has 70 valence electrons. The average molecular weight is 189 g/mol. The number of ether oxygens (including phenoxy) is 2. The van der Waals surface area contributed by atoms with E-state index in [1.54, 1.807) is 11.8 Å². The minimum atomic E-state index is -0.215. The molecule has 1 rings (SSSR count). The molecule has 0 aromatic heterocycles. The van der Waals surface area contributed by atoms with Crippen molar-refractivity contribution in [3.63, 3.8) is 0 Å². The van der Waals surface area contributed by atoms with E-state index in [-0.39, 0.29) is 6.29 Å². The Morgan fingerprint density at radius 1 is 1.42 bits per heavy atom. The highest BCUT2D eigenvalue weighted by Crippen LogP contribution is 2.17. The van der Waals surface area contributed by atoms with Gasteiger partial charge in [0, 0.05) is 25.5 Å². The van der Waals surface area contributed by atoms with Crippen LogP contribution in [-0.2, 0) is 9.47 Å². The summed E-state index contributed by atoms with van der Waals surface area (Å²) in [5.74, 6) is 1.06. The topological polar surface area (TPSA) is 30.8 Å². The Balaban J connectivity index is 2.40. The molecule has 1 aliphatic rings. The van der Waals surface area contributed by atoms with Gasteiger partial charge in [-0.15, -0.1) is 11.8 Å². The van der Waals surface area contributed by atoms with Gasteiger partial charge in [-0.3, -0.25) is 4.99 Å². The normalized spacial score (nSPS) is 17.1. The summed E-state index contributed by atoms with van der Waals surface area (Å²) < 4.78 is 10.8. The van der Waals surface area contributed by atoms with E-state index in [2.05, 4.69) is 4.99 Å². The molecule has 4 heteroatoms. The van der Waals surface area contributed by atoms with E-state index in [0.29, 0.717) is 13.2 Å². The Morgan fingerprint density at radius 2 is 2.08 bits per heavy atom. The van der Waals surface area contributed by atoms with Crippen molar-refractivity contribution in [1.29, 1.82) is 0 Å². The van der Waals surface area contributed by atoms with Crippen molar-refractivity contribution < 1.29 is 9.47 Å². The van der Waals surface area contributed by atoms with Crippen LogP contribution in [0.15, 0.2) is 4.99 Å². The highest BCUT2D eigenvalue weighted by atomic mass is 32.2. The third-order valence-electron chi connectivity index (χ3n) is 1.45. The summed E-state index contributed by atoms with van der Waals surface area (Å²) >= 11 is 1.73. The predicted octanol–water partition coefficient (Wildman–Crippen LogP) is 1.53. The van der Waals surface area contributed by atoms with Gasteiger partial charge in [0.05, 0.1) is 0 Å². The average Bonchev–Trinajstić information content (AvgIpc) is 2.56. The van der Waals surface area contributed by atoms with Gasteiger partial charge in [0.2, 0.25) is 6.29 Å². The third-order valence-corrected chi connectivity index (χ3v) is 2.45. The maximum Gasteiger partial charge on any atom is 0.206 e. The molecule has 1 heterocycles. The molecule has 0 amide bonds. The Morgan fingerprint density at radius 3 is 2.50 bits per heavy atom. The molecule has 0 unspecified atom stereocenters. The number of thioether (sulfide) groups is 1. The van der Waals surface area contributed by atoms with Crippen LogP contribution >= 0.6 is 11.8 Å². The van der Waals surface area contributed by atoms with Crippen molar-refractivity contribution in [2.24, 2.45) is 4.99 Å². The minimum Gasteiger partial charge on any atom is -0.347 e. The first kappa shape index (κ1) is 10.0. The van der Waals surface area contributed by atoms with Crippen molar-refractivity contribution in [2.45, 2.75) is 20.1 Å². The van der Waals surface area contributed by atoms with Crippen LogP contribution in [0.1, 0.15) is 13.8 Å². The van der Waals surface area contributed by atoms with Gasteiger partial charge < -0.3 is 9.47 Å². The van der Waals surface area contributed by atoms with Crippen LogP contribution in [0.3, 0.4) is 0 Å². The number of hydrogen-bond acceptors (Lipinski definition) is 4. The fourth-order valence-electron chi connectivity index (χ4n) is 0.988. The molecular weight excluding hydrogens is 174 g/mol. The summed E-state index contributed by atoms with van der Waals surface area (Å²) in [4.78, 5) is 4.30. The predicted molar refractivity (Wildman–Crippen MR) is 51.8 cm³/mol. The van der Waals surface area contributed by atoms with Gasteiger partial charge in [0.1, 0.15) is 5.04 Å². The molecular formula is C8H15NO2S. The fraction of sp³-hybridized carbons (Fsp3) is 0.875. The van der Waals surface area contributed by atoms with Gasteiger partial charge in [-0.05, 0) is 13.8 Å². The van der Waals surface area contributed by atoms with E-state index in [1.165, 1.54) is 0 Å². The molecule has 0 spiro atoms. The van der Waals surface area contributed by atoms with Crippen LogP contribution in [-0.4, -0.2) is 36.8 Å². The Hall–Kier alpha value is -0.0600. The van der Waals surface area contributed by atoms with Crippen LogP contribution < -0.4 is 0 Å². The summed E-state index contributed by atoms with van der Waals surface area (Å²) in [7, 11) is 0. The molecule has 0 N–H and O–H groups in total. The maximum atomic E-state index is 5.39. The monoisotopic (exact) mass is 189 g/mol. The number of hydrogen-bond donors (Lipinski definition) is 0. The Kier molecular flexibility index (Phi) is 4.65.